The van der Waals surface area contributed by atoms with E-state index in [-0.39, 0.29) is 31.1 Å². The molecular weight excluding hydrogens is 324 g/mol. The van der Waals surface area contributed by atoms with Gasteiger partial charge in [-0.05, 0) is 24.3 Å². The molecule has 0 aliphatic carbocycles. The van der Waals surface area contributed by atoms with Gasteiger partial charge in [-0.25, -0.2) is 16.8 Å². The lowest BCUT2D eigenvalue weighted by atomic mass is 10.4. The summed E-state index contributed by atoms with van der Waals surface area (Å²) in [6, 6.07) is 5.92. The topological polar surface area (TPSA) is 74.8 Å². The van der Waals surface area contributed by atoms with Gasteiger partial charge in [-0.1, -0.05) is 11.6 Å². The van der Waals surface area contributed by atoms with Crippen LogP contribution in [0.1, 0.15) is 0 Å². The second-order valence-electron chi connectivity index (χ2n) is 4.52. The molecule has 1 aromatic rings. The van der Waals surface area contributed by atoms with Gasteiger partial charge in [-0.15, -0.1) is 0 Å². The largest absolute Gasteiger partial charge is 0.243 e. The van der Waals surface area contributed by atoms with Crippen molar-refractivity contribution in [1.82, 2.24) is 8.61 Å². The van der Waals surface area contributed by atoms with Gasteiger partial charge in [0.05, 0.1) is 11.2 Å². The molecule has 0 spiro atoms. The molecule has 1 heterocycles. The van der Waals surface area contributed by atoms with E-state index in [4.69, 9.17) is 11.6 Å². The Morgan fingerprint density at radius 2 is 1.35 bits per heavy atom. The zero-order valence-corrected chi connectivity index (χ0v) is 13.2. The van der Waals surface area contributed by atoms with E-state index in [1.165, 1.54) is 32.9 Å². The van der Waals surface area contributed by atoms with Crippen molar-refractivity contribution in [3.8, 4) is 0 Å². The molecule has 9 heteroatoms. The lowest BCUT2D eigenvalue weighted by Gasteiger charge is -2.32. The summed E-state index contributed by atoms with van der Waals surface area (Å²) >= 11 is 5.74. The van der Waals surface area contributed by atoms with Crippen molar-refractivity contribution in [3.63, 3.8) is 0 Å². The van der Waals surface area contributed by atoms with Crippen LogP contribution < -0.4 is 0 Å². The van der Waals surface area contributed by atoms with Crippen molar-refractivity contribution >= 4 is 31.6 Å². The molecule has 1 aliphatic rings. The zero-order chi connectivity index (χ0) is 15.0. The first kappa shape index (κ1) is 15.7. The van der Waals surface area contributed by atoms with Crippen molar-refractivity contribution < 1.29 is 16.8 Å². The third kappa shape index (κ3) is 3.32. The molecular formula is C11H15ClN2O4S2. The summed E-state index contributed by atoms with van der Waals surface area (Å²) in [5.41, 5.74) is 0. The monoisotopic (exact) mass is 338 g/mol. The van der Waals surface area contributed by atoms with Gasteiger partial charge in [-0.3, -0.25) is 0 Å². The van der Waals surface area contributed by atoms with Crippen LogP contribution >= 0.6 is 11.6 Å². The maximum Gasteiger partial charge on any atom is 0.243 e. The number of piperazine rings is 1. The molecule has 0 saturated carbocycles. The molecule has 20 heavy (non-hydrogen) atoms. The minimum Gasteiger partial charge on any atom is -0.213 e. The maximum atomic E-state index is 12.4. The molecule has 112 valence electrons. The van der Waals surface area contributed by atoms with E-state index < -0.39 is 20.0 Å². The highest BCUT2D eigenvalue weighted by Crippen LogP contribution is 2.20. The number of rotatable bonds is 3. The number of nitrogens with zero attached hydrogens (tertiary/aromatic N) is 2. The van der Waals surface area contributed by atoms with E-state index in [9.17, 15) is 16.8 Å². The molecule has 2 rings (SSSR count). The van der Waals surface area contributed by atoms with Crippen LogP contribution in [0, 0.1) is 0 Å². The molecule has 0 amide bonds. The number of benzene rings is 1. The van der Waals surface area contributed by atoms with Crippen molar-refractivity contribution in [1.29, 1.82) is 0 Å². The first-order valence-electron chi connectivity index (χ1n) is 5.92. The van der Waals surface area contributed by atoms with Crippen LogP contribution in [0.25, 0.3) is 0 Å². The number of halogens is 1. The van der Waals surface area contributed by atoms with Gasteiger partial charge in [0.1, 0.15) is 0 Å². The van der Waals surface area contributed by atoms with Crippen molar-refractivity contribution in [2.45, 2.75) is 4.90 Å². The second kappa shape index (κ2) is 5.61. The molecule has 0 aromatic heterocycles. The number of sulfonamides is 2. The van der Waals surface area contributed by atoms with Crippen LogP contribution in [0.3, 0.4) is 0 Å². The quantitative estimate of drug-likeness (QED) is 0.809. The van der Waals surface area contributed by atoms with E-state index in [0.717, 1.165) is 6.26 Å². The fraction of sp³-hybridized carbons (Fsp3) is 0.455. The summed E-state index contributed by atoms with van der Waals surface area (Å²) in [6.45, 7) is 0.646. The predicted molar refractivity (Wildman–Crippen MR) is 76.6 cm³/mol. The van der Waals surface area contributed by atoms with Crippen LogP contribution in [0.4, 0.5) is 0 Å². The maximum absolute atomic E-state index is 12.4. The van der Waals surface area contributed by atoms with Gasteiger partial charge >= 0.3 is 0 Å². The Balaban J connectivity index is 2.15. The van der Waals surface area contributed by atoms with Gasteiger partial charge in [0, 0.05) is 31.2 Å². The standard InChI is InChI=1S/C11H15ClN2O4S2/c1-19(15,16)13-6-8-14(9-7-13)20(17,18)11-4-2-10(12)3-5-11/h2-5H,6-9H2,1H3. The highest BCUT2D eigenvalue weighted by Gasteiger charge is 2.31. The molecule has 0 radical (unpaired) electrons. The Kier molecular flexibility index (Phi) is 4.41. The Bertz CT molecular complexity index is 678. The second-order valence-corrected chi connectivity index (χ2v) is 8.88. The minimum absolute atomic E-state index is 0.151. The fourth-order valence-corrected chi connectivity index (χ4v) is 4.37. The van der Waals surface area contributed by atoms with Crippen LogP contribution in [0.15, 0.2) is 29.2 Å². The Morgan fingerprint density at radius 3 is 1.80 bits per heavy atom. The summed E-state index contributed by atoms with van der Waals surface area (Å²) in [5, 5.41) is 0.464. The molecule has 1 saturated heterocycles. The Labute approximate surface area is 124 Å². The van der Waals surface area contributed by atoms with E-state index in [2.05, 4.69) is 0 Å². The van der Waals surface area contributed by atoms with Crippen LogP contribution in [0.5, 0.6) is 0 Å². The Hall–Kier alpha value is -0.670. The predicted octanol–water partition coefficient (Wildman–Crippen LogP) is 0.606. The molecule has 1 aromatic carbocycles. The molecule has 0 bridgehead atoms. The lowest BCUT2D eigenvalue weighted by molar-refractivity contribution is 0.274. The smallest absolute Gasteiger partial charge is 0.213 e. The summed E-state index contributed by atoms with van der Waals surface area (Å²) in [5.74, 6) is 0. The molecule has 1 fully saturated rings. The van der Waals surface area contributed by atoms with E-state index in [0.29, 0.717) is 5.02 Å². The summed E-state index contributed by atoms with van der Waals surface area (Å²) in [7, 11) is -6.87. The van der Waals surface area contributed by atoms with Crippen LogP contribution in [0.2, 0.25) is 5.02 Å². The van der Waals surface area contributed by atoms with Gasteiger partial charge in [0.25, 0.3) is 0 Å². The summed E-state index contributed by atoms with van der Waals surface area (Å²) in [6.07, 6.45) is 1.12. The summed E-state index contributed by atoms with van der Waals surface area (Å²) in [4.78, 5) is 0.162. The van der Waals surface area contributed by atoms with Gasteiger partial charge in [0.15, 0.2) is 0 Å². The minimum atomic E-state index is -3.59. The third-order valence-corrected chi connectivity index (χ3v) is 6.59. The normalized spacial score (nSPS) is 19.1. The SMILES string of the molecule is CS(=O)(=O)N1CCN(S(=O)(=O)c2ccc(Cl)cc2)CC1. The third-order valence-electron chi connectivity index (χ3n) is 3.12. The van der Waals surface area contributed by atoms with Gasteiger partial charge < -0.3 is 0 Å². The molecule has 0 unspecified atom stereocenters. The lowest BCUT2D eigenvalue weighted by Crippen LogP contribution is -2.50. The average Bonchev–Trinajstić information content (AvgIpc) is 2.38. The van der Waals surface area contributed by atoms with Crippen LogP contribution in [-0.2, 0) is 20.0 Å². The first-order chi connectivity index (χ1) is 9.21. The fourth-order valence-electron chi connectivity index (χ4n) is 2.00. The first-order valence-corrected chi connectivity index (χ1v) is 9.59. The molecule has 6 nitrogen and oxygen atoms in total. The van der Waals surface area contributed by atoms with Crippen molar-refractivity contribution in [3.05, 3.63) is 29.3 Å². The van der Waals surface area contributed by atoms with E-state index >= 15 is 0 Å². The van der Waals surface area contributed by atoms with Gasteiger partial charge in [-0.2, -0.15) is 8.61 Å². The summed E-state index contributed by atoms with van der Waals surface area (Å²) < 4.78 is 50.1. The number of hydrogen-bond donors (Lipinski definition) is 0. The molecule has 0 atom stereocenters. The zero-order valence-electron chi connectivity index (χ0n) is 10.9. The van der Waals surface area contributed by atoms with Gasteiger partial charge in [0.2, 0.25) is 20.0 Å². The van der Waals surface area contributed by atoms with Crippen LogP contribution in [-0.4, -0.2) is 57.9 Å². The van der Waals surface area contributed by atoms with E-state index in [1.54, 1.807) is 0 Å². The van der Waals surface area contributed by atoms with E-state index in [1.807, 2.05) is 0 Å². The molecule has 0 N–H and O–H groups in total. The number of hydrogen-bond acceptors (Lipinski definition) is 4. The molecule has 1 aliphatic heterocycles. The highest BCUT2D eigenvalue weighted by atomic mass is 35.5. The average molecular weight is 339 g/mol. The highest BCUT2D eigenvalue weighted by molar-refractivity contribution is 7.89. The Morgan fingerprint density at radius 1 is 0.900 bits per heavy atom. The van der Waals surface area contributed by atoms with Crippen molar-refractivity contribution in [2.24, 2.45) is 0 Å². The van der Waals surface area contributed by atoms with Crippen molar-refractivity contribution in [2.75, 3.05) is 32.4 Å².